The third kappa shape index (κ3) is 6.36. The summed E-state index contributed by atoms with van der Waals surface area (Å²) in [7, 11) is -4.25. The van der Waals surface area contributed by atoms with Crippen molar-refractivity contribution in [3.05, 3.63) is 120 Å². The minimum atomic E-state index is -4.25. The van der Waals surface area contributed by atoms with Crippen LogP contribution in [0.1, 0.15) is 39.6 Å². The van der Waals surface area contributed by atoms with E-state index in [2.05, 4.69) is 4.90 Å². The molecule has 0 saturated carbocycles. The number of Topliss-reactive ketones (excluding diaryl/α,β-unsaturated/α-hetero) is 2. The van der Waals surface area contributed by atoms with Crippen LogP contribution < -0.4 is 4.90 Å². The first-order valence-electron chi connectivity index (χ1n) is 13.8. The van der Waals surface area contributed by atoms with E-state index in [0.717, 1.165) is 34.1 Å². The molecule has 0 N–H and O–H groups in total. The van der Waals surface area contributed by atoms with Crippen molar-refractivity contribution in [3.63, 3.8) is 0 Å². The number of nitrogens with zero attached hydrogens (tertiary/aromatic N) is 1. The van der Waals surface area contributed by atoms with Crippen LogP contribution in [0, 0.1) is 6.92 Å². The lowest BCUT2D eigenvalue weighted by Gasteiger charge is -2.29. The van der Waals surface area contributed by atoms with Gasteiger partial charge in [0.2, 0.25) is 0 Å². The molecule has 216 valence electrons. The van der Waals surface area contributed by atoms with E-state index in [1.807, 2.05) is 49.4 Å². The first-order chi connectivity index (χ1) is 20.2. The van der Waals surface area contributed by atoms with E-state index in [9.17, 15) is 18.0 Å². The molecule has 0 aromatic heterocycles. The molecule has 4 aromatic carbocycles. The molecule has 0 amide bonds. The van der Waals surface area contributed by atoms with Gasteiger partial charge in [0.05, 0.1) is 18.1 Å². The van der Waals surface area contributed by atoms with Gasteiger partial charge in [0.25, 0.3) is 0 Å². The number of benzene rings is 4. The summed E-state index contributed by atoms with van der Waals surface area (Å²) in [5.41, 5.74) is 2.46. The molecular formula is C34H33NO5S2. The fourth-order valence-electron chi connectivity index (χ4n) is 4.97. The standard InChI is InChI=1S/C34H33NO5S2/c1-25-8-18-31(19-9-25)42(38,39)34(2,24-32(36)26-10-14-28(15-11-26)35-20-22-40-23-21-35)33(37)27-12-16-30(17-13-27)41-29-6-4-3-5-7-29/h3-19H,20-24H2,1-2H3. The highest BCUT2D eigenvalue weighted by Crippen LogP contribution is 2.35. The van der Waals surface area contributed by atoms with E-state index in [-0.39, 0.29) is 10.5 Å². The van der Waals surface area contributed by atoms with Crippen molar-refractivity contribution in [2.75, 3.05) is 31.2 Å². The number of anilines is 1. The quantitative estimate of drug-likeness (QED) is 0.188. The SMILES string of the molecule is Cc1ccc(S(=O)(=O)C(C)(CC(=O)c2ccc(N3CCOCC3)cc2)C(=O)c2ccc(Sc3ccccc3)cc2)cc1. The zero-order valence-corrected chi connectivity index (χ0v) is 25.3. The highest BCUT2D eigenvalue weighted by molar-refractivity contribution is 7.99. The number of carbonyl (C=O) groups excluding carboxylic acids is 2. The number of aryl methyl sites for hydroxylation is 1. The minimum absolute atomic E-state index is 0.00988. The molecule has 1 aliphatic rings. The van der Waals surface area contributed by atoms with Crippen molar-refractivity contribution < 1.29 is 22.7 Å². The molecule has 5 rings (SSSR count). The molecule has 4 aromatic rings. The van der Waals surface area contributed by atoms with Crippen molar-refractivity contribution in [1.82, 2.24) is 0 Å². The van der Waals surface area contributed by atoms with E-state index in [4.69, 9.17) is 4.74 Å². The highest BCUT2D eigenvalue weighted by Gasteiger charge is 2.49. The topological polar surface area (TPSA) is 80.8 Å². The fourth-order valence-corrected chi connectivity index (χ4v) is 7.50. The molecule has 1 fully saturated rings. The van der Waals surface area contributed by atoms with Gasteiger partial charge in [-0.25, -0.2) is 8.42 Å². The van der Waals surface area contributed by atoms with Crippen LogP contribution >= 0.6 is 11.8 Å². The first-order valence-corrected chi connectivity index (χ1v) is 16.1. The summed E-state index contributed by atoms with van der Waals surface area (Å²) < 4.78 is 31.6. The second kappa shape index (κ2) is 12.7. The lowest BCUT2D eigenvalue weighted by atomic mass is 9.91. The van der Waals surface area contributed by atoms with Gasteiger partial charge in [0.1, 0.15) is 4.75 Å². The number of hydrogen-bond acceptors (Lipinski definition) is 7. The van der Waals surface area contributed by atoms with Crippen LogP contribution in [0.3, 0.4) is 0 Å². The molecule has 0 radical (unpaired) electrons. The van der Waals surface area contributed by atoms with Crippen molar-refractivity contribution in [1.29, 1.82) is 0 Å². The molecule has 1 heterocycles. The Morgan fingerprint density at radius 3 is 1.98 bits per heavy atom. The van der Waals surface area contributed by atoms with Crippen molar-refractivity contribution in [2.24, 2.45) is 0 Å². The monoisotopic (exact) mass is 599 g/mol. The van der Waals surface area contributed by atoms with E-state index in [1.165, 1.54) is 19.1 Å². The van der Waals surface area contributed by atoms with Crippen LogP contribution in [-0.2, 0) is 14.6 Å². The number of carbonyl (C=O) groups is 2. The van der Waals surface area contributed by atoms with Gasteiger partial charge in [0, 0.05) is 46.1 Å². The Bertz CT molecular complexity index is 1650. The molecular weight excluding hydrogens is 567 g/mol. The molecule has 0 bridgehead atoms. The van der Waals surface area contributed by atoms with Gasteiger partial charge in [-0.1, -0.05) is 59.8 Å². The molecule has 8 heteroatoms. The Morgan fingerprint density at radius 2 is 1.36 bits per heavy atom. The molecule has 1 unspecified atom stereocenters. The van der Waals surface area contributed by atoms with Gasteiger partial charge >= 0.3 is 0 Å². The Balaban J connectivity index is 1.45. The number of hydrogen-bond donors (Lipinski definition) is 0. The van der Waals surface area contributed by atoms with Gasteiger partial charge in [0.15, 0.2) is 21.4 Å². The largest absolute Gasteiger partial charge is 0.378 e. The summed E-state index contributed by atoms with van der Waals surface area (Å²) in [6.07, 6.45) is -0.487. The summed E-state index contributed by atoms with van der Waals surface area (Å²) in [4.78, 5) is 31.9. The van der Waals surface area contributed by atoms with Crippen molar-refractivity contribution in [3.8, 4) is 0 Å². The zero-order chi connectivity index (χ0) is 29.7. The molecule has 6 nitrogen and oxygen atoms in total. The van der Waals surface area contributed by atoms with E-state index >= 15 is 0 Å². The maximum atomic E-state index is 14.1. The Morgan fingerprint density at radius 1 is 0.786 bits per heavy atom. The Kier molecular flexibility index (Phi) is 8.96. The van der Waals surface area contributed by atoms with Crippen LogP contribution in [0.5, 0.6) is 0 Å². The van der Waals surface area contributed by atoms with Crippen LogP contribution in [-0.4, -0.2) is 51.0 Å². The minimum Gasteiger partial charge on any atom is -0.378 e. The second-order valence-corrected chi connectivity index (χ2v) is 14.1. The fraction of sp³-hybridized carbons (Fsp3) is 0.235. The number of morpholine rings is 1. The lowest BCUT2D eigenvalue weighted by molar-refractivity contribution is 0.0879. The number of ketones is 2. The van der Waals surface area contributed by atoms with Crippen LogP contribution in [0.2, 0.25) is 0 Å². The molecule has 1 aliphatic heterocycles. The van der Waals surface area contributed by atoms with Gasteiger partial charge in [-0.2, -0.15) is 0 Å². The normalized spacial score (nSPS) is 15.1. The average Bonchev–Trinajstić information content (AvgIpc) is 3.02. The smallest absolute Gasteiger partial charge is 0.191 e. The van der Waals surface area contributed by atoms with Crippen molar-refractivity contribution >= 4 is 38.9 Å². The lowest BCUT2D eigenvalue weighted by Crippen LogP contribution is -2.45. The van der Waals surface area contributed by atoms with Gasteiger partial charge < -0.3 is 9.64 Å². The molecule has 0 spiro atoms. The summed E-state index contributed by atoms with van der Waals surface area (Å²) in [6, 6.07) is 30.2. The first kappa shape index (κ1) is 29.8. The summed E-state index contributed by atoms with van der Waals surface area (Å²) in [5, 5.41) is 0. The predicted octanol–water partition coefficient (Wildman–Crippen LogP) is 6.67. The average molecular weight is 600 g/mol. The van der Waals surface area contributed by atoms with Gasteiger partial charge in [-0.15, -0.1) is 0 Å². The Hall–Kier alpha value is -3.72. The zero-order valence-electron chi connectivity index (χ0n) is 23.7. The summed E-state index contributed by atoms with van der Waals surface area (Å²) in [6.45, 7) is 6.04. The van der Waals surface area contributed by atoms with E-state index in [0.29, 0.717) is 18.8 Å². The summed E-state index contributed by atoms with van der Waals surface area (Å²) in [5.74, 6) is -1.02. The maximum absolute atomic E-state index is 14.1. The van der Waals surface area contributed by atoms with Crippen LogP contribution in [0.25, 0.3) is 0 Å². The number of rotatable bonds is 10. The van der Waals surface area contributed by atoms with Crippen LogP contribution in [0.15, 0.2) is 118 Å². The number of ether oxygens (including phenoxy) is 1. The van der Waals surface area contributed by atoms with Gasteiger partial charge in [-0.05, 0) is 74.5 Å². The second-order valence-electron chi connectivity index (χ2n) is 10.6. The molecule has 0 aliphatic carbocycles. The third-order valence-electron chi connectivity index (χ3n) is 7.56. The predicted molar refractivity (Wildman–Crippen MR) is 167 cm³/mol. The Labute approximate surface area is 251 Å². The van der Waals surface area contributed by atoms with Crippen LogP contribution in [0.4, 0.5) is 5.69 Å². The molecule has 1 saturated heterocycles. The molecule has 42 heavy (non-hydrogen) atoms. The van der Waals surface area contributed by atoms with Gasteiger partial charge in [-0.3, -0.25) is 9.59 Å². The van der Waals surface area contributed by atoms with E-state index in [1.54, 1.807) is 60.3 Å². The summed E-state index contributed by atoms with van der Waals surface area (Å²) >= 11 is 1.54. The maximum Gasteiger partial charge on any atom is 0.191 e. The van der Waals surface area contributed by atoms with Crippen molar-refractivity contribution in [2.45, 2.75) is 39.7 Å². The van der Waals surface area contributed by atoms with E-state index < -0.39 is 32.6 Å². The third-order valence-corrected chi connectivity index (χ3v) is 11.0. The molecule has 1 atom stereocenters. The highest BCUT2D eigenvalue weighted by atomic mass is 32.2. The number of sulfone groups is 1.